The van der Waals surface area contributed by atoms with Crippen LogP contribution in [0.2, 0.25) is 0 Å². The van der Waals surface area contributed by atoms with Gasteiger partial charge in [-0.25, -0.2) is 4.98 Å². The summed E-state index contributed by atoms with van der Waals surface area (Å²) in [6, 6.07) is 14.1. The molecule has 1 atom stereocenters. The second-order valence-corrected chi connectivity index (χ2v) is 7.32. The van der Waals surface area contributed by atoms with Crippen LogP contribution in [0.1, 0.15) is 23.3 Å². The van der Waals surface area contributed by atoms with Gasteiger partial charge in [0, 0.05) is 50.6 Å². The number of carbonyl (C=O) groups excluding carboxylic acids is 1. The lowest BCUT2D eigenvalue weighted by molar-refractivity contribution is -0.121. The molecule has 0 radical (unpaired) electrons. The van der Waals surface area contributed by atoms with Gasteiger partial charge >= 0.3 is 0 Å². The molecule has 0 aliphatic carbocycles. The number of fused-ring (bicyclic) bond motifs is 2. The van der Waals surface area contributed by atoms with E-state index in [1.54, 1.807) is 6.20 Å². The van der Waals surface area contributed by atoms with E-state index in [0.29, 0.717) is 25.1 Å². The molecule has 1 aliphatic rings. The van der Waals surface area contributed by atoms with Crippen molar-refractivity contribution in [3.05, 3.63) is 65.5 Å². The summed E-state index contributed by atoms with van der Waals surface area (Å²) < 4.78 is 5.63. The van der Waals surface area contributed by atoms with E-state index in [4.69, 9.17) is 4.42 Å². The third-order valence-electron chi connectivity index (χ3n) is 5.16. The Balaban J connectivity index is 1.19. The van der Waals surface area contributed by atoms with E-state index in [1.807, 2.05) is 18.2 Å². The largest absolute Gasteiger partial charge is 0.443 e. The Labute approximate surface area is 164 Å². The lowest BCUT2D eigenvalue weighted by Crippen LogP contribution is -2.42. The number of carbonyl (C=O) groups is 1. The molecule has 2 aromatic heterocycles. The molecule has 1 aliphatic heterocycles. The topological polar surface area (TPSA) is 78.6 Å². The lowest BCUT2D eigenvalue weighted by Gasteiger charge is -2.30. The third-order valence-corrected chi connectivity index (χ3v) is 5.16. The zero-order valence-corrected chi connectivity index (χ0v) is 15.8. The Morgan fingerprint density at radius 1 is 1.25 bits per heavy atom. The SMILES string of the molecule is O=C(CCc1cc2cccnc2o1)NCC(O)CN1CCc2ccccc2C1. The molecule has 2 N–H and O–H groups in total. The normalized spacial score (nSPS) is 15.3. The summed E-state index contributed by atoms with van der Waals surface area (Å²) in [6.07, 6.45) is 2.95. The summed E-state index contributed by atoms with van der Waals surface area (Å²) in [5.41, 5.74) is 3.31. The first-order valence-electron chi connectivity index (χ1n) is 9.75. The highest BCUT2D eigenvalue weighted by molar-refractivity contribution is 5.77. The van der Waals surface area contributed by atoms with Gasteiger partial charge < -0.3 is 14.8 Å². The van der Waals surface area contributed by atoms with Crippen LogP contribution in [0, 0.1) is 0 Å². The first-order valence-corrected chi connectivity index (χ1v) is 9.75. The predicted molar refractivity (Wildman–Crippen MR) is 107 cm³/mol. The van der Waals surface area contributed by atoms with E-state index in [9.17, 15) is 9.90 Å². The average molecular weight is 379 g/mol. The Morgan fingerprint density at radius 3 is 2.96 bits per heavy atom. The number of furan rings is 1. The van der Waals surface area contributed by atoms with Crippen molar-refractivity contribution in [3.8, 4) is 0 Å². The van der Waals surface area contributed by atoms with E-state index < -0.39 is 6.10 Å². The van der Waals surface area contributed by atoms with Crippen molar-refractivity contribution in [3.63, 3.8) is 0 Å². The maximum Gasteiger partial charge on any atom is 0.226 e. The predicted octanol–water partition coefficient (Wildman–Crippen LogP) is 2.30. The van der Waals surface area contributed by atoms with Gasteiger partial charge in [-0.3, -0.25) is 9.69 Å². The number of hydrogen-bond donors (Lipinski definition) is 2. The van der Waals surface area contributed by atoms with Gasteiger partial charge in [0.2, 0.25) is 11.6 Å². The molecule has 0 bridgehead atoms. The molecule has 1 unspecified atom stereocenters. The average Bonchev–Trinajstić information content (AvgIpc) is 3.14. The summed E-state index contributed by atoms with van der Waals surface area (Å²) in [4.78, 5) is 18.5. The van der Waals surface area contributed by atoms with Gasteiger partial charge in [0.05, 0.1) is 6.10 Å². The lowest BCUT2D eigenvalue weighted by atomic mass is 10.00. The fraction of sp³-hybridized carbons (Fsp3) is 0.364. The van der Waals surface area contributed by atoms with Crippen molar-refractivity contribution in [2.45, 2.75) is 31.9 Å². The van der Waals surface area contributed by atoms with Gasteiger partial charge in [0.15, 0.2) is 0 Å². The smallest absolute Gasteiger partial charge is 0.226 e. The van der Waals surface area contributed by atoms with Crippen molar-refractivity contribution < 1.29 is 14.3 Å². The molecule has 4 rings (SSSR count). The Hall–Kier alpha value is -2.70. The van der Waals surface area contributed by atoms with E-state index in [-0.39, 0.29) is 12.5 Å². The van der Waals surface area contributed by atoms with Crippen LogP contribution in [-0.2, 0) is 24.2 Å². The minimum absolute atomic E-state index is 0.0866. The van der Waals surface area contributed by atoms with Crippen molar-refractivity contribution in [1.82, 2.24) is 15.2 Å². The highest BCUT2D eigenvalue weighted by Crippen LogP contribution is 2.19. The minimum atomic E-state index is -0.579. The summed E-state index contributed by atoms with van der Waals surface area (Å²) in [5.74, 6) is 0.660. The zero-order valence-electron chi connectivity index (χ0n) is 15.8. The number of nitrogens with one attached hydrogen (secondary N) is 1. The second kappa shape index (κ2) is 8.54. The molecular formula is C22H25N3O3. The molecule has 3 heterocycles. The zero-order chi connectivity index (χ0) is 19.3. The molecule has 146 valence electrons. The highest BCUT2D eigenvalue weighted by Gasteiger charge is 2.18. The Kier molecular flexibility index (Phi) is 5.69. The quantitative estimate of drug-likeness (QED) is 0.659. The first kappa shape index (κ1) is 18.7. The molecule has 6 nitrogen and oxygen atoms in total. The van der Waals surface area contributed by atoms with E-state index in [1.165, 1.54) is 11.1 Å². The number of amides is 1. The van der Waals surface area contributed by atoms with Crippen LogP contribution in [0.15, 0.2) is 53.1 Å². The number of rotatable bonds is 7. The molecule has 1 aromatic carbocycles. The van der Waals surface area contributed by atoms with Crippen LogP contribution >= 0.6 is 0 Å². The maximum absolute atomic E-state index is 12.1. The molecule has 0 saturated heterocycles. The first-order chi connectivity index (χ1) is 13.7. The van der Waals surface area contributed by atoms with Crippen LogP contribution in [0.3, 0.4) is 0 Å². The molecule has 0 saturated carbocycles. The summed E-state index contributed by atoms with van der Waals surface area (Å²) >= 11 is 0. The molecule has 6 heteroatoms. The molecular weight excluding hydrogens is 354 g/mol. The van der Waals surface area contributed by atoms with Crippen molar-refractivity contribution in [1.29, 1.82) is 0 Å². The maximum atomic E-state index is 12.1. The van der Waals surface area contributed by atoms with Gasteiger partial charge in [-0.2, -0.15) is 0 Å². The van der Waals surface area contributed by atoms with Crippen LogP contribution in [-0.4, -0.2) is 46.6 Å². The van der Waals surface area contributed by atoms with Gasteiger partial charge in [-0.05, 0) is 35.7 Å². The Morgan fingerprint density at radius 2 is 2.11 bits per heavy atom. The van der Waals surface area contributed by atoms with E-state index in [0.717, 1.165) is 30.7 Å². The number of aliphatic hydroxyl groups excluding tert-OH is 1. The summed E-state index contributed by atoms with van der Waals surface area (Å²) in [7, 11) is 0. The standard InChI is InChI=1S/C22H25N3O3/c26-19(15-25-11-9-16-4-1-2-5-18(16)14-25)13-24-21(27)8-7-20-12-17-6-3-10-23-22(17)28-20/h1-6,10,12,19,26H,7-9,11,13-15H2,(H,24,27). The molecule has 0 spiro atoms. The van der Waals surface area contributed by atoms with Crippen LogP contribution in [0.4, 0.5) is 0 Å². The van der Waals surface area contributed by atoms with Crippen molar-refractivity contribution >= 4 is 17.0 Å². The second-order valence-electron chi connectivity index (χ2n) is 7.32. The van der Waals surface area contributed by atoms with Crippen molar-refractivity contribution in [2.75, 3.05) is 19.6 Å². The number of aryl methyl sites for hydroxylation is 1. The number of benzene rings is 1. The van der Waals surface area contributed by atoms with E-state index in [2.05, 4.69) is 39.5 Å². The molecule has 3 aromatic rings. The van der Waals surface area contributed by atoms with Crippen molar-refractivity contribution in [2.24, 2.45) is 0 Å². The van der Waals surface area contributed by atoms with Crippen LogP contribution in [0.5, 0.6) is 0 Å². The number of pyridine rings is 1. The monoisotopic (exact) mass is 379 g/mol. The fourth-order valence-corrected chi connectivity index (χ4v) is 3.68. The third kappa shape index (κ3) is 4.58. The molecule has 0 fully saturated rings. The molecule has 28 heavy (non-hydrogen) atoms. The Bertz CT molecular complexity index is 920. The summed E-state index contributed by atoms with van der Waals surface area (Å²) in [5, 5.41) is 14.1. The molecule has 1 amide bonds. The summed E-state index contributed by atoms with van der Waals surface area (Å²) in [6.45, 7) is 2.60. The number of hydrogen-bond acceptors (Lipinski definition) is 5. The van der Waals surface area contributed by atoms with Crippen LogP contribution in [0.25, 0.3) is 11.1 Å². The number of nitrogens with zero attached hydrogens (tertiary/aromatic N) is 2. The number of β-amino-alcohol motifs (C(OH)–C–C–N with tert-alkyl or cyclic N) is 1. The van der Waals surface area contributed by atoms with Gasteiger partial charge in [0.1, 0.15) is 5.76 Å². The highest BCUT2D eigenvalue weighted by atomic mass is 16.3. The number of aromatic nitrogens is 1. The van der Waals surface area contributed by atoms with E-state index >= 15 is 0 Å². The fourth-order valence-electron chi connectivity index (χ4n) is 3.68. The van der Waals surface area contributed by atoms with Crippen LogP contribution < -0.4 is 5.32 Å². The number of aliphatic hydroxyl groups is 1. The minimum Gasteiger partial charge on any atom is -0.443 e. The van der Waals surface area contributed by atoms with Gasteiger partial charge in [-0.15, -0.1) is 0 Å². The van der Waals surface area contributed by atoms with Gasteiger partial charge in [0.25, 0.3) is 0 Å². The van der Waals surface area contributed by atoms with Gasteiger partial charge in [-0.1, -0.05) is 24.3 Å².